The molecular formula is C18H24BrNO. The third kappa shape index (κ3) is 4.19. The van der Waals surface area contributed by atoms with Crippen LogP contribution in [0, 0.1) is 12.8 Å². The number of halogens is 1. The van der Waals surface area contributed by atoms with Gasteiger partial charge in [0.25, 0.3) is 0 Å². The molecule has 21 heavy (non-hydrogen) atoms. The van der Waals surface area contributed by atoms with Gasteiger partial charge < -0.3 is 4.74 Å². The molecule has 0 spiro atoms. The summed E-state index contributed by atoms with van der Waals surface area (Å²) in [7, 11) is 0. The SMILES string of the molecule is CCCCC(CC)COc1cc2c(Br)cccc2nc1C. The average Bonchev–Trinajstić information content (AvgIpc) is 2.48. The third-order valence-electron chi connectivity index (χ3n) is 3.97. The van der Waals surface area contributed by atoms with Crippen molar-refractivity contribution in [2.75, 3.05) is 6.61 Å². The van der Waals surface area contributed by atoms with E-state index >= 15 is 0 Å². The Balaban J connectivity index is 2.14. The first-order valence-corrected chi connectivity index (χ1v) is 8.63. The molecule has 0 saturated carbocycles. The molecule has 2 aromatic rings. The molecule has 1 aromatic carbocycles. The molecular weight excluding hydrogens is 326 g/mol. The Morgan fingerprint density at radius 1 is 1.29 bits per heavy atom. The number of hydrogen-bond acceptors (Lipinski definition) is 2. The van der Waals surface area contributed by atoms with Crippen molar-refractivity contribution in [1.29, 1.82) is 0 Å². The van der Waals surface area contributed by atoms with Crippen LogP contribution in [0.2, 0.25) is 0 Å². The molecule has 0 amide bonds. The Morgan fingerprint density at radius 3 is 2.81 bits per heavy atom. The van der Waals surface area contributed by atoms with Gasteiger partial charge in [0, 0.05) is 9.86 Å². The average molecular weight is 350 g/mol. The number of aryl methyl sites for hydroxylation is 1. The Morgan fingerprint density at radius 2 is 2.10 bits per heavy atom. The number of benzene rings is 1. The van der Waals surface area contributed by atoms with Crippen molar-refractivity contribution >= 4 is 26.8 Å². The highest BCUT2D eigenvalue weighted by molar-refractivity contribution is 9.10. The molecule has 0 aliphatic rings. The fourth-order valence-electron chi connectivity index (χ4n) is 2.49. The largest absolute Gasteiger partial charge is 0.491 e. The normalized spacial score (nSPS) is 12.6. The maximum Gasteiger partial charge on any atom is 0.141 e. The Bertz CT molecular complexity index is 597. The summed E-state index contributed by atoms with van der Waals surface area (Å²) in [4.78, 5) is 4.65. The number of rotatable bonds is 7. The summed E-state index contributed by atoms with van der Waals surface area (Å²) in [6.45, 7) is 7.28. The summed E-state index contributed by atoms with van der Waals surface area (Å²) in [6, 6.07) is 8.19. The number of aromatic nitrogens is 1. The van der Waals surface area contributed by atoms with E-state index in [2.05, 4.69) is 40.8 Å². The first-order chi connectivity index (χ1) is 10.2. The number of ether oxygens (including phenoxy) is 1. The molecule has 0 bridgehead atoms. The zero-order valence-corrected chi connectivity index (χ0v) is 14.7. The molecule has 1 atom stereocenters. The minimum absolute atomic E-state index is 0.638. The second-order valence-corrected chi connectivity index (χ2v) is 6.46. The summed E-state index contributed by atoms with van der Waals surface area (Å²) >= 11 is 3.59. The Kier molecular flexibility index (Phi) is 6.04. The van der Waals surface area contributed by atoms with Gasteiger partial charge in [-0.25, -0.2) is 4.98 Å². The minimum atomic E-state index is 0.638. The van der Waals surface area contributed by atoms with Gasteiger partial charge in [0.15, 0.2) is 0 Å². The quantitative estimate of drug-likeness (QED) is 0.620. The molecule has 0 saturated heterocycles. The molecule has 1 unspecified atom stereocenters. The molecule has 2 rings (SSSR count). The van der Waals surface area contributed by atoms with Crippen LogP contribution in [0.1, 0.15) is 45.2 Å². The highest BCUT2D eigenvalue weighted by atomic mass is 79.9. The molecule has 1 heterocycles. The van der Waals surface area contributed by atoms with E-state index in [-0.39, 0.29) is 0 Å². The third-order valence-corrected chi connectivity index (χ3v) is 4.66. The van der Waals surface area contributed by atoms with E-state index in [1.165, 1.54) is 25.7 Å². The van der Waals surface area contributed by atoms with E-state index in [0.29, 0.717) is 5.92 Å². The predicted octanol–water partition coefficient (Wildman–Crippen LogP) is 5.90. The lowest BCUT2D eigenvalue weighted by Gasteiger charge is -2.17. The summed E-state index contributed by atoms with van der Waals surface area (Å²) in [5.41, 5.74) is 1.97. The van der Waals surface area contributed by atoms with Crippen LogP contribution >= 0.6 is 15.9 Å². The highest BCUT2D eigenvalue weighted by Crippen LogP contribution is 2.28. The molecule has 114 valence electrons. The molecule has 0 radical (unpaired) electrons. The van der Waals surface area contributed by atoms with Gasteiger partial charge in [-0.1, -0.05) is 55.1 Å². The predicted molar refractivity (Wildman–Crippen MR) is 93.0 cm³/mol. The van der Waals surface area contributed by atoms with E-state index in [1.54, 1.807) is 0 Å². The van der Waals surface area contributed by atoms with Crippen LogP contribution in [0.3, 0.4) is 0 Å². The molecule has 0 N–H and O–H groups in total. The van der Waals surface area contributed by atoms with Gasteiger partial charge in [-0.2, -0.15) is 0 Å². The number of unbranched alkanes of at least 4 members (excludes halogenated alkanes) is 1. The van der Waals surface area contributed by atoms with Gasteiger partial charge >= 0.3 is 0 Å². The maximum absolute atomic E-state index is 6.07. The summed E-state index contributed by atoms with van der Waals surface area (Å²) in [5.74, 6) is 1.55. The van der Waals surface area contributed by atoms with E-state index in [4.69, 9.17) is 4.74 Å². The van der Waals surface area contributed by atoms with E-state index in [0.717, 1.165) is 33.4 Å². The van der Waals surface area contributed by atoms with Crippen molar-refractivity contribution in [3.8, 4) is 5.75 Å². The number of pyridine rings is 1. The van der Waals surface area contributed by atoms with Crippen LogP contribution in [0.5, 0.6) is 5.75 Å². The molecule has 2 nitrogen and oxygen atoms in total. The molecule has 1 aromatic heterocycles. The Labute approximate surface area is 136 Å². The second-order valence-electron chi connectivity index (χ2n) is 5.61. The fourth-order valence-corrected chi connectivity index (χ4v) is 2.96. The van der Waals surface area contributed by atoms with Gasteiger partial charge in [0.1, 0.15) is 5.75 Å². The van der Waals surface area contributed by atoms with Crippen molar-refractivity contribution in [3.63, 3.8) is 0 Å². The van der Waals surface area contributed by atoms with Crippen molar-refractivity contribution in [3.05, 3.63) is 34.4 Å². The highest BCUT2D eigenvalue weighted by Gasteiger charge is 2.10. The number of nitrogens with zero attached hydrogens (tertiary/aromatic N) is 1. The van der Waals surface area contributed by atoms with Gasteiger partial charge in [-0.05, 0) is 37.5 Å². The van der Waals surface area contributed by atoms with Crippen LogP contribution in [0.25, 0.3) is 10.9 Å². The lowest BCUT2D eigenvalue weighted by atomic mass is 10.0. The summed E-state index contributed by atoms with van der Waals surface area (Å²) in [5, 5.41) is 1.11. The van der Waals surface area contributed by atoms with Crippen molar-refractivity contribution in [1.82, 2.24) is 4.98 Å². The summed E-state index contributed by atoms with van der Waals surface area (Å²) in [6.07, 6.45) is 4.95. The lowest BCUT2D eigenvalue weighted by Crippen LogP contribution is -2.12. The zero-order valence-electron chi connectivity index (χ0n) is 13.2. The van der Waals surface area contributed by atoms with E-state index in [1.807, 2.05) is 25.1 Å². The standard InChI is InChI=1S/C18H24BrNO/c1-4-6-8-14(5-2)12-21-18-11-15-16(19)9-7-10-17(15)20-13(18)3/h7,9-11,14H,4-6,8,12H2,1-3H3. The van der Waals surface area contributed by atoms with Crippen molar-refractivity contribution in [2.45, 2.75) is 46.5 Å². The minimum Gasteiger partial charge on any atom is -0.491 e. The number of fused-ring (bicyclic) bond motifs is 1. The van der Waals surface area contributed by atoms with Crippen LogP contribution < -0.4 is 4.74 Å². The lowest BCUT2D eigenvalue weighted by molar-refractivity contribution is 0.231. The number of hydrogen-bond donors (Lipinski definition) is 0. The maximum atomic E-state index is 6.07. The topological polar surface area (TPSA) is 22.1 Å². The monoisotopic (exact) mass is 349 g/mol. The van der Waals surface area contributed by atoms with Gasteiger partial charge in [0.05, 0.1) is 17.8 Å². The second kappa shape index (κ2) is 7.79. The molecule has 0 aliphatic heterocycles. The molecule has 0 aliphatic carbocycles. The van der Waals surface area contributed by atoms with Crippen molar-refractivity contribution < 1.29 is 4.74 Å². The fraction of sp³-hybridized carbons (Fsp3) is 0.500. The Hall–Kier alpha value is -1.09. The van der Waals surface area contributed by atoms with E-state index < -0.39 is 0 Å². The first kappa shape index (κ1) is 16.3. The first-order valence-electron chi connectivity index (χ1n) is 7.84. The smallest absolute Gasteiger partial charge is 0.141 e. The van der Waals surface area contributed by atoms with Crippen LogP contribution in [0.15, 0.2) is 28.7 Å². The van der Waals surface area contributed by atoms with Crippen LogP contribution in [-0.4, -0.2) is 11.6 Å². The van der Waals surface area contributed by atoms with E-state index in [9.17, 15) is 0 Å². The molecule has 3 heteroatoms. The van der Waals surface area contributed by atoms with Crippen molar-refractivity contribution in [2.24, 2.45) is 5.92 Å². The summed E-state index contributed by atoms with van der Waals surface area (Å²) < 4.78 is 7.13. The van der Waals surface area contributed by atoms with Crippen LogP contribution in [0.4, 0.5) is 0 Å². The zero-order chi connectivity index (χ0) is 15.2. The molecule has 0 fully saturated rings. The van der Waals surface area contributed by atoms with Gasteiger partial charge in [-0.3, -0.25) is 0 Å². The van der Waals surface area contributed by atoms with Crippen LogP contribution in [-0.2, 0) is 0 Å². The van der Waals surface area contributed by atoms with Gasteiger partial charge in [0.2, 0.25) is 0 Å². The van der Waals surface area contributed by atoms with Gasteiger partial charge in [-0.15, -0.1) is 0 Å².